The number of hydrogen-bond acceptors (Lipinski definition) is 7. The Morgan fingerprint density at radius 1 is 0.531 bits per heavy atom. The minimum Gasteiger partial charge on any atom is -0.423 e. The van der Waals surface area contributed by atoms with Crippen LogP contribution in [0, 0.1) is 0 Å². The molecule has 10 heteroatoms. The van der Waals surface area contributed by atoms with Gasteiger partial charge in [0.2, 0.25) is 0 Å². The zero-order valence-corrected chi connectivity index (χ0v) is 33.6. The topological polar surface area (TPSA) is 108 Å². The van der Waals surface area contributed by atoms with E-state index in [0.717, 1.165) is 38.5 Å². The van der Waals surface area contributed by atoms with Gasteiger partial charge in [0, 0.05) is 12.8 Å². The first-order chi connectivity index (χ1) is 23.5. The quantitative estimate of drug-likeness (QED) is 0.0222. The summed E-state index contributed by atoms with van der Waals surface area (Å²) in [6.45, 7) is 4.45. The monoisotopic (exact) mass is 721 g/mol. The molecule has 0 aromatic carbocycles. The summed E-state index contributed by atoms with van der Waals surface area (Å²) in [6.07, 6.45) is 30.4. The van der Waals surface area contributed by atoms with E-state index in [1.807, 2.05) is 21.1 Å². The van der Waals surface area contributed by atoms with Crippen LogP contribution in [0.15, 0.2) is 0 Å². The number of ether oxygens (including phenoxy) is 2. The molecule has 0 radical (unpaired) electrons. The van der Waals surface area contributed by atoms with Gasteiger partial charge in [-0.25, -0.2) is 4.57 Å². The standard InChI is InChI=1S/C39H78NO8P/c1-6-8-10-12-14-16-18-20-22-24-26-28-30-32-37(41)47-39(36-46-49(43,44)45-35-34-40(3,4)5)48-38(42)33-31-29-27-25-23-21-19-17-15-13-11-9-7-2/h39H,6-36H2,1-5H3/p+1. The normalized spacial score (nSPS) is 13.1. The fourth-order valence-electron chi connectivity index (χ4n) is 5.70. The van der Waals surface area contributed by atoms with Crippen molar-refractivity contribution in [3.05, 3.63) is 0 Å². The molecule has 0 amide bonds. The Bertz CT molecular complexity index is 775. The molecule has 0 aromatic rings. The molecule has 0 aliphatic carbocycles. The van der Waals surface area contributed by atoms with Crippen LogP contribution in [-0.4, -0.2) is 68.5 Å². The van der Waals surface area contributed by atoms with Crippen molar-refractivity contribution in [3.8, 4) is 0 Å². The van der Waals surface area contributed by atoms with Crippen LogP contribution in [0.3, 0.4) is 0 Å². The SMILES string of the molecule is CCCCCCCCCCCCCCCC(=O)OC(COP(=O)(O)OCC[N+](C)(C)C)OC(=O)CCCCCCCCCCCCCCC. The second-order valence-corrected chi connectivity index (χ2v) is 16.5. The molecule has 1 unspecified atom stereocenters. The number of esters is 2. The van der Waals surface area contributed by atoms with E-state index in [0.29, 0.717) is 23.9 Å². The van der Waals surface area contributed by atoms with Crippen molar-refractivity contribution < 1.29 is 42.1 Å². The zero-order chi connectivity index (χ0) is 36.5. The number of carbonyl (C=O) groups excluding carboxylic acids is 2. The summed E-state index contributed by atoms with van der Waals surface area (Å²) < 4.78 is 33.9. The smallest absolute Gasteiger partial charge is 0.423 e. The molecule has 0 heterocycles. The molecule has 0 bridgehead atoms. The maximum absolute atomic E-state index is 12.6. The lowest BCUT2D eigenvalue weighted by molar-refractivity contribution is -0.870. The molecule has 0 spiro atoms. The first-order valence-corrected chi connectivity index (χ1v) is 21.8. The van der Waals surface area contributed by atoms with Gasteiger partial charge in [0.25, 0.3) is 6.29 Å². The second kappa shape index (κ2) is 32.9. The molecular weight excluding hydrogens is 641 g/mol. The number of phosphoric acid groups is 1. The van der Waals surface area contributed by atoms with Crippen LogP contribution in [-0.2, 0) is 32.7 Å². The van der Waals surface area contributed by atoms with Gasteiger partial charge in [0.05, 0.1) is 21.1 Å². The van der Waals surface area contributed by atoms with E-state index in [1.54, 1.807) is 0 Å². The maximum atomic E-state index is 12.6. The van der Waals surface area contributed by atoms with Crippen LogP contribution < -0.4 is 0 Å². The van der Waals surface area contributed by atoms with E-state index in [4.69, 9.17) is 18.5 Å². The summed E-state index contributed by atoms with van der Waals surface area (Å²) in [4.78, 5) is 35.3. The van der Waals surface area contributed by atoms with E-state index >= 15 is 0 Å². The summed E-state index contributed by atoms with van der Waals surface area (Å²) >= 11 is 0. The van der Waals surface area contributed by atoms with Crippen molar-refractivity contribution in [1.82, 2.24) is 0 Å². The zero-order valence-electron chi connectivity index (χ0n) is 32.7. The average molecular weight is 721 g/mol. The van der Waals surface area contributed by atoms with Gasteiger partial charge in [0.1, 0.15) is 19.8 Å². The third-order valence-corrected chi connectivity index (χ3v) is 9.87. The predicted molar refractivity (Wildman–Crippen MR) is 201 cm³/mol. The number of carbonyl (C=O) groups is 2. The van der Waals surface area contributed by atoms with Crippen molar-refractivity contribution >= 4 is 19.8 Å². The second-order valence-electron chi connectivity index (χ2n) is 15.0. The van der Waals surface area contributed by atoms with Gasteiger partial charge in [-0.3, -0.25) is 18.6 Å². The van der Waals surface area contributed by atoms with Crippen LogP contribution in [0.2, 0.25) is 0 Å². The van der Waals surface area contributed by atoms with E-state index in [1.165, 1.54) is 116 Å². The minimum atomic E-state index is -4.41. The van der Waals surface area contributed by atoms with Crippen LogP contribution in [0.1, 0.15) is 194 Å². The summed E-state index contributed by atoms with van der Waals surface area (Å²) in [5.74, 6) is -1.02. The highest BCUT2D eigenvalue weighted by molar-refractivity contribution is 7.47. The Hall–Kier alpha value is -0.990. The fraction of sp³-hybridized carbons (Fsp3) is 0.949. The molecule has 9 nitrogen and oxygen atoms in total. The number of phosphoric ester groups is 1. The Labute approximate surface area is 302 Å². The number of nitrogens with zero attached hydrogens (tertiary/aromatic N) is 1. The van der Waals surface area contributed by atoms with Gasteiger partial charge in [-0.05, 0) is 12.8 Å². The van der Waals surface area contributed by atoms with Crippen molar-refractivity contribution in [2.45, 2.75) is 200 Å². The molecule has 0 fully saturated rings. The summed E-state index contributed by atoms with van der Waals surface area (Å²) in [6, 6.07) is 0. The number of quaternary nitrogens is 1. The first kappa shape index (κ1) is 48.0. The van der Waals surface area contributed by atoms with E-state index < -0.39 is 32.7 Å². The van der Waals surface area contributed by atoms with Crippen molar-refractivity contribution in [2.24, 2.45) is 0 Å². The Balaban J connectivity index is 4.39. The third kappa shape index (κ3) is 36.6. The molecule has 0 saturated heterocycles. The van der Waals surface area contributed by atoms with E-state index in [2.05, 4.69) is 13.8 Å². The van der Waals surface area contributed by atoms with Crippen LogP contribution in [0.4, 0.5) is 0 Å². The Morgan fingerprint density at radius 3 is 1.14 bits per heavy atom. The van der Waals surface area contributed by atoms with Crippen LogP contribution in [0.25, 0.3) is 0 Å². The van der Waals surface area contributed by atoms with Crippen molar-refractivity contribution in [2.75, 3.05) is 40.9 Å². The Morgan fingerprint density at radius 2 is 0.837 bits per heavy atom. The lowest BCUT2D eigenvalue weighted by atomic mass is 10.0. The molecular formula is C39H79NO8P+. The van der Waals surface area contributed by atoms with Crippen LogP contribution >= 0.6 is 7.82 Å². The summed E-state index contributed by atoms with van der Waals surface area (Å²) in [5, 5.41) is 0. The van der Waals surface area contributed by atoms with Gasteiger partial charge in [-0.2, -0.15) is 0 Å². The Kier molecular flexibility index (Phi) is 32.2. The average Bonchev–Trinajstić information content (AvgIpc) is 3.03. The third-order valence-electron chi connectivity index (χ3n) is 8.88. The number of rotatable bonds is 37. The number of hydrogen-bond donors (Lipinski definition) is 1. The fourth-order valence-corrected chi connectivity index (χ4v) is 6.40. The predicted octanol–water partition coefficient (Wildman–Crippen LogP) is 11.2. The molecule has 292 valence electrons. The van der Waals surface area contributed by atoms with Crippen molar-refractivity contribution in [3.63, 3.8) is 0 Å². The highest BCUT2D eigenvalue weighted by Gasteiger charge is 2.28. The first-order valence-electron chi connectivity index (χ1n) is 20.3. The van der Waals surface area contributed by atoms with Crippen LogP contribution in [0.5, 0.6) is 0 Å². The molecule has 0 aliphatic heterocycles. The molecule has 0 aromatic heterocycles. The van der Waals surface area contributed by atoms with E-state index in [9.17, 15) is 19.0 Å². The highest BCUT2D eigenvalue weighted by Crippen LogP contribution is 2.43. The number of unbranched alkanes of at least 4 members (excludes halogenated alkanes) is 24. The molecule has 0 aliphatic rings. The van der Waals surface area contributed by atoms with Gasteiger partial charge in [0.15, 0.2) is 0 Å². The molecule has 49 heavy (non-hydrogen) atoms. The van der Waals surface area contributed by atoms with Gasteiger partial charge in [-0.1, -0.05) is 168 Å². The largest absolute Gasteiger partial charge is 0.472 e. The minimum absolute atomic E-state index is 0.0135. The highest BCUT2D eigenvalue weighted by atomic mass is 31.2. The van der Waals surface area contributed by atoms with E-state index in [-0.39, 0.29) is 19.4 Å². The van der Waals surface area contributed by atoms with Gasteiger partial charge in [-0.15, -0.1) is 0 Å². The molecule has 0 saturated carbocycles. The molecule has 1 N–H and O–H groups in total. The lowest BCUT2D eigenvalue weighted by Crippen LogP contribution is -2.37. The molecule has 1 atom stereocenters. The summed E-state index contributed by atoms with van der Waals surface area (Å²) in [5.41, 5.74) is 0. The lowest BCUT2D eigenvalue weighted by Gasteiger charge is -2.24. The molecule has 0 rings (SSSR count). The maximum Gasteiger partial charge on any atom is 0.472 e. The van der Waals surface area contributed by atoms with Crippen molar-refractivity contribution in [1.29, 1.82) is 0 Å². The van der Waals surface area contributed by atoms with Gasteiger partial charge < -0.3 is 18.9 Å². The number of likely N-dealkylation sites (N-methyl/N-ethyl adjacent to an activating group) is 1. The summed E-state index contributed by atoms with van der Waals surface area (Å²) in [7, 11) is 1.41. The van der Waals surface area contributed by atoms with Gasteiger partial charge >= 0.3 is 19.8 Å².